The van der Waals surface area contributed by atoms with E-state index in [4.69, 9.17) is 0 Å². The summed E-state index contributed by atoms with van der Waals surface area (Å²) in [5.41, 5.74) is 3.41. The van der Waals surface area contributed by atoms with Gasteiger partial charge in [0.2, 0.25) is 0 Å². The molecule has 0 bridgehead atoms. The van der Waals surface area contributed by atoms with Crippen molar-refractivity contribution in [2.45, 2.75) is 12.8 Å². The lowest BCUT2D eigenvalue weighted by Crippen LogP contribution is -2.24. The molecular weight excluding hydrogens is 348 g/mol. The Kier molecular flexibility index (Phi) is 4.54. The van der Waals surface area contributed by atoms with Gasteiger partial charge in [0.25, 0.3) is 5.91 Å². The predicted octanol–water partition coefficient (Wildman–Crippen LogP) is 4.70. The number of nitrogens with one attached hydrogen (secondary N) is 1. The van der Waals surface area contributed by atoms with Crippen LogP contribution in [0, 0.1) is 11.6 Å². The Bertz CT molecular complexity index is 989. The highest BCUT2D eigenvalue weighted by atomic mass is 19.1. The molecule has 0 radical (unpaired) electrons. The molecular formula is C21H17F2N3O. The Labute approximate surface area is 155 Å². The average molecular weight is 365 g/mol. The molecule has 2 aromatic carbocycles. The number of nitrogens with zero attached hydrogens (tertiary/aromatic N) is 2. The Morgan fingerprint density at radius 2 is 1.93 bits per heavy atom. The highest BCUT2D eigenvalue weighted by Gasteiger charge is 2.18. The van der Waals surface area contributed by atoms with Gasteiger partial charge in [-0.15, -0.1) is 0 Å². The highest BCUT2D eigenvalue weighted by Crippen LogP contribution is 2.32. The van der Waals surface area contributed by atoms with Gasteiger partial charge in [-0.05, 0) is 48.7 Å². The van der Waals surface area contributed by atoms with Crippen molar-refractivity contribution in [3.05, 3.63) is 83.7 Å². The van der Waals surface area contributed by atoms with Gasteiger partial charge in [-0.3, -0.25) is 4.79 Å². The van der Waals surface area contributed by atoms with E-state index < -0.39 is 17.5 Å². The van der Waals surface area contributed by atoms with E-state index in [9.17, 15) is 13.6 Å². The first-order valence-corrected chi connectivity index (χ1v) is 8.70. The summed E-state index contributed by atoms with van der Waals surface area (Å²) in [6.45, 7) is 0.880. The molecule has 1 aliphatic heterocycles. The van der Waals surface area contributed by atoms with Crippen molar-refractivity contribution >= 4 is 23.0 Å². The van der Waals surface area contributed by atoms with Crippen LogP contribution >= 0.6 is 0 Å². The Morgan fingerprint density at radius 3 is 2.70 bits per heavy atom. The minimum absolute atomic E-state index is 0.0859. The van der Waals surface area contributed by atoms with Crippen LogP contribution in [0.25, 0.3) is 0 Å². The molecule has 1 aliphatic rings. The number of aryl methyl sites for hydroxylation is 1. The third-order valence-corrected chi connectivity index (χ3v) is 4.58. The van der Waals surface area contributed by atoms with E-state index in [0.717, 1.165) is 42.9 Å². The van der Waals surface area contributed by atoms with Crippen LogP contribution in [0.15, 0.2) is 60.8 Å². The number of rotatable bonds is 3. The van der Waals surface area contributed by atoms with Crippen molar-refractivity contribution < 1.29 is 13.6 Å². The molecule has 0 unspecified atom stereocenters. The number of pyridine rings is 1. The minimum Gasteiger partial charge on any atom is -0.340 e. The van der Waals surface area contributed by atoms with Crippen LogP contribution in [0.3, 0.4) is 0 Å². The maximum absolute atomic E-state index is 13.7. The first kappa shape index (κ1) is 17.1. The Morgan fingerprint density at radius 1 is 1.07 bits per heavy atom. The number of carbonyl (C=O) groups excluding carboxylic acids is 1. The van der Waals surface area contributed by atoms with Gasteiger partial charge in [0.15, 0.2) is 0 Å². The lowest BCUT2D eigenvalue weighted by Gasteiger charge is -2.31. The number of fused-ring (bicyclic) bond motifs is 1. The van der Waals surface area contributed by atoms with E-state index in [0.29, 0.717) is 0 Å². The summed E-state index contributed by atoms with van der Waals surface area (Å²) in [5, 5.41) is 2.41. The summed E-state index contributed by atoms with van der Waals surface area (Å²) in [4.78, 5) is 18.7. The summed E-state index contributed by atoms with van der Waals surface area (Å²) in [7, 11) is 0. The molecule has 6 heteroatoms. The number of hydrogen-bond acceptors (Lipinski definition) is 3. The fraction of sp³-hybridized carbons (Fsp3) is 0.143. The molecule has 1 aromatic heterocycles. The van der Waals surface area contributed by atoms with E-state index in [1.165, 1.54) is 11.6 Å². The first-order valence-electron chi connectivity index (χ1n) is 8.70. The fourth-order valence-corrected chi connectivity index (χ4v) is 3.26. The number of para-hydroxylation sites is 1. The molecule has 4 rings (SSSR count). The van der Waals surface area contributed by atoms with E-state index in [-0.39, 0.29) is 11.4 Å². The third-order valence-electron chi connectivity index (χ3n) is 4.58. The van der Waals surface area contributed by atoms with Crippen molar-refractivity contribution in [3.8, 4) is 0 Å². The van der Waals surface area contributed by atoms with E-state index in [2.05, 4.69) is 27.3 Å². The van der Waals surface area contributed by atoms with Crippen LogP contribution in [0.4, 0.5) is 25.8 Å². The van der Waals surface area contributed by atoms with Crippen LogP contribution in [-0.2, 0) is 6.42 Å². The Hall–Kier alpha value is -3.28. The largest absolute Gasteiger partial charge is 0.340 e. The molecule has 0 saturated heterocycles. The molecule has 0 saturated carbocycles. The second-order valence-corrected chi connectivity index (χ2v) is 6.36. The van der Waals surface area contributed by atoms with Gasteiger partial charge in [-0.1, -0.05) is 18.2 Å². The average Bonchev–Trinajstić information content (AvgIpc) is 2.70. The number of aromatic nitrogens is 1. The zero-order valence-electron chi connectivity index (χ0n) is 14.5. The molecule has 3 aromatic rings. The molecule has 2 heterocycles. The van der Waals surface area contributed by atoms with Crippen LogP contribution in [0.2, 0.25) is 0 Å². The third kappa shape index (κ3) is 3.51. The lowest BCUT2D eigenvalue weighted by atomic mass is 10.0. The molecule has 0 spiro atoms. The molecule has 0 atom stereocenters. The topological polar surface area (TPSA) is 45.2 Å². The predicted molar refractivity (Wildman–Crippen MR) is 100 cm³/mol. The van der Waals surface area contributed by atoms with Crippen LogP contribution in [-0.4, -0.2) is 17.4 Å². The standard InChI is InChI=1S/C21H17F2N3O/c22-15-7-9-18(17(23)12-15)25-21(27)19-10-8-16(13-24-19)26-11-3-5-14-4-1-2-6-20(14)26/h1-2,4,6-10,12-13H,3,5,11H2,(H,25,27). The maximum atomic E-state index is 13.7. The fourth-order valence-electron chi connectivity index (χ4n) is 3.26. The summed E-state index contributed by atoms with van der Waals surface area (Å²) < 4.78 is 26.7. The minimum atomic E-state index is -0.829. The van der Waals surface area contributed by atoms with Gasteiger partial charge in [0, 0.05) is 18.3 Å². The summed E-state index contributed by atoms with van der Waals surface area (Å²) in [6, 6.07) is 14.6. The smallest absolute Gasteiger partial charge is 0.274 e. The summed E-state index contributed by atoms with van der Waals surface area (Å²) in [5.74, 6) is -2.08. The molecule has 136 valence electrons. The maximum Gasteiger partial charge on any atom is 0.274 e. The number of carbonyl (C=O) groups is 1. The van der Waals surface area contributed by atoms with Gasteiger partial charge in [0.05, 0.1) is 17.6 Å². The zero-order chi connectivity index (χ0) is 18.8. The molecule has 0 fully saturated rings. The summed E-state index contributed by atoms with van der Waals surface area (Å²) in [6.07, 6.45) is 3.73. The van der Waals surface area contributed by atoms with Crippen LogP contribution < -0.4 is 10.2 Å². The number of hydrogen-bond donors (Lipinski definition) is 1. The molecule has 1 N–H and O–H groups in total. The van der Waals surface area contributed by atoms with Gasteiger partial charge in [-0.2, -0.15) is 0 Å². The Balaban J connectivity index is 1.53. The van der Waals surface area contributed by atoms with Gasteiger partial charge in [-0.25, -0.2) is 13.8 Å². The van der Waals surface area contributed by atoms with Gasteiger partial charge >= 0.3 is 0 Å². The van der Waals surface area contributed by atoms with Crippen molar-refractivity contribution in [3.63, 3.8) is 0 Å². The van der Waals surface area contributed by atoms with Crippen molar-refractivity contribution in [1.82, 2.24) is 4.98 Å². The highest BCUT2D eigenvalue weighted by molar-refractivity contribution is 6.03. The van der Waals surface area contributed by atoms with Crippen LogP contribution in [0.5, 0.6) is 0 Å². The molecule has 0 aliphatic carbocycles. The lowest BCUT2D eigenvalue weighted by molar-refractivity contribution is 0.102. The first-order chi connectivity index (χ1) is 13.1. The van der Waals surface area contributed by atoms with Crippen LogP contribution in [0.1, 0.15) is 22.5 Å². The normalized spacial score (nSPS) is 13.2. The number of amides is 1. The molecule has 1 amide bonds. The van der Waals surface area contributed by atoms with Crippen molar-refractivity contribution in [2.24, 2.45) is 0 Å². The number of anilines is 3. The second-order valence-electron chi connectivity index (χ2n) is 6.36. The number of benzene rings is 2. The van der Waals surface area contributed by atoms with E-state index in [1.807, 2.05) is 18.2 Å². The van der Waals surface area contributed by atoms with E-state index >= 15 is 0 Å². The SMILES string of the molecule is O=C(Nc1ccc(F)cc1F)c1ccc(N2CCCc3ccccc32)cn1. The molecule has 27 heavy (non-hydrogen) atoms. The van der Waals surface area contributed by atoms with E-state index in [1.54, 1.807) is 12.3 Å². The molecule has 4 nitrogen and oxygen atoms in total. The monoisotopic (exact) mass is 365 g/mol. The zero-order valence-corrected chi connectivity index (χ0v) is 14.5. The van der Waals surface area contributed by atoms with Gasteiger partial charge < -0.3 is 10.2 Å². The van der Waals surface area contributed by atoms with Crippen molar-refractivity contribution in [1.29, 1.82) is 0 Å². The quantitative estimate of drug-likeness (QED) is 0.732. The number of halogens is 2. The van der Waals surface area contributed by atoms with Crippen molar-refractivity contribution in [2.75, 3.05) is 16.8 Å². The summed E-state index contributed by atoms with van der Waals surface area (Å²) >= 11 is 0. The van der Waals surface area contributed by atoms with Gasteiger partial charge in [0.1, 0.15) is 17.3 Å². The second kappa shape index (κ2) is 7.15.